The zero-order valence-electron chi connectivity index (χ0n) is 9.49. The van der Waals surface area contributed by atoms with Crippen LogP contribution in [0.1, 0.15) is 9.75 Å². The molecule has 1 aromatic heterocycles. The Kier molecular flexibility index (Phi) is 3.91. The van der Waals surface area contributed by atoms with E-state index in [-0.39, 0.29) is 0 Å². The quantitative estimate of drug-likeness (QED) is 0.806. The summed E-state index contributed by atoms with van der Waals surface area (Å²) in [6.45, 7) is 3.05. The molecule has 0 unspecified atom stereocenters. The van der Waals surface area contributed by atoms with Gasteiger partial charge in [-0.15, -0.1) is 23.1 Å². The summed E-state index contributed by atoms with van der Waals surface area (Å²) in [5.74, 6) is 0. The molecule has 0 bridgehead atoms. The second kappa shape index (κ2) is 5.41. The fourth-order valence-corrected chi connectivity index (χ4v) is 2.79. The molecule has 1 aromatic carbocycles. The van der Waals surface area contributed by atoms with Gasteiger partial charge in [-0.25, -0.2) is 0 Å². The van der Waals surface area contributed by atoms with Gasteiger partial charge >= 0.3 is 0 Å². The Morgan fingerprint density at radius 3 is 2.81 bits per heavy atom. The fraction of sp³-hybridized carbons (Fsp3) is 0.231. The third kappa shape index (κ3) is 3.03. The molecule has 2 rings (SSSR count). The molecule has 0 aliphatic heterocycles. The lowest BCUT2D eigenvalue weighted by Crippen LogP contribution is -1.96. The molecular formula is C13H15NS2. The van der Waals surface area contributed by atoms with Crippen LogP contribution in [-0.2, 0) is 6.54 Å². The average molecular weight is 249 g/mol. The van der Waals surface area contributed by atoms with Crippen molar-refractivity contribution >= 4 is 28.8 Å². The Balaban J connectivity index is 1.99. The van der Waals surface area contributed by atoms with E-state index in [1.807, 2.05) is 11.3 Å². The SMILES string of the molecule is CSc1cccc(NCc2ccc(C)s2)c1. The topological polar surface area (TPSA) is 12.0 Å². The summed E-state index contributed by atoms with van der Waals surface area (Å²) >= 11 is 3.62. The number of anilines is 1. The van der Waals surface area contributed by atoms with Crippen molar-refractivity contribution in [2.24, 2.45) is 0 Å². The van der Waals surface area contributed by atoms with Gasteiger partial charge in [0.1, 0.15) is 0 Å². The minimum absolute atomic E-state index is 0.913. The molecule has 0 saturated carbocycles. The summed E-state index contributed by atoms with van der Waals surface area (Å²) in [4.78, 5) is 4.05. The number of aryl methyl sites for hydroxylation is 1. The molecule has 1 N–H and O–H groups in total. The predicted molar refractivity (Wildman–Crippen MR) is 74.6 cm³/mol. The minimum atomic E-state index is 0.913. The van der Waals surface area contributed by atoms with Gasteiger partial charge < -0.3 is 5.32 Å². The Labute approximate surface area is 105 Å². The van der Waals surface area contributed by atoms with Crippen molar-refractivity contribution in [1.29, 1.82) is 0 Å². The second-order valence-corrected chi connectivity index (χ2v) is 5.85. The molecule has 0 saturated heterocycles. The van der Waals surface area contributed by atoms with Crippen LogP contribution in [0.2, 0.25) is 0 Å². The summed E-state index contributed by atoms with van der Waals surface area (Å²) in [7, 11) is 0. The standard InChI is InChI=1S/C13H15NS2/c1-10-6-7-13(16-10)9-14-11-4-3-5-12(8-11)15-2/h3-8,14H,9H2,1-2H3. The van der Waals surface area contributed by atoms with Crippen molar-refractivity contribution in [1.82, 2.24) is 0 Å². The van der Waals surface area contributed by atoms with E-state index in [0.717, 1.165) is 6.54 Å². The maximum atomic E-state index is 3.45. The normalized spacial score (nSPS) is 10.4. The first kappa shape index (κ1) is 11.6. The molecule has 1 nitrogen and oxygen atoms in total. The molecule has 0 aliphatic carbocycles. The van der Waals surface area contributed by atoms with Gasteiger partial charge in [-0.1, -0.05) is 6.07 Å². The molecule has 84 valence electrons. The highest BCUT2D eigenvalue weighted by Gasteiger charge is 1.97. The van der Waals surface area contributed by atoms with E-state index >= 15 is 0 Å². The highest BCUT2D eigenvalue weighted by atomic mass is 32.2. The van der Waals surface area contributed by atoms with Gasteiger partial charge in [0.15, 0.2) is 0 Å². The summed E-state index contributed by atoms with van der Waals surface area (Å²) in [6, 6.07) is 12.9. The van der Waals surface area contributed by atoms with E-state index in [4.69, 9.17) is 0 Å². The molecule has 0 spiro atoms. The van der Waals surface area contributed by atoms with Crippen LogP contribution in [0.3, 0.4) is 0 Å². The molecule has 0 fully saturated rings. The number of thiophene rings is 1. The predicted octanol–water partition coefficient (Wildman–Crippen LogP) is 4.39. The van der Waals surface area contributed by atoms with Crippen LogP contribution in [0.4, 0.5) is 5.69 Å². The molecule has 3 heteroatoms. The van der Waals surface area contributed by atoms with Gasteiger partial charge in [0.2, 0.25) is 0 Å². The molecular weight excluding hydrogens is 234 g/mol. The molecule has 0 radical (unpaired) electrons. The largest absolute Gasteiger partial charge is 0.380 e. The van der Waals surface area contributed by atoms with Crippen LogP contribution in [0, 0.1) is 6.92 Å². The van der Waals surface area contributed by atoms with Gasteiger partial charge in [0.05, 0.1) is 0 Å². The fourth-order valence-electron chi connectivity index (χ4n) is 1.50. The first-order valence-corrected chi connectivity index (χ1v) is 7.25. The minimum Gasteiger partial charge on any atom is -0.380 e. The van der Waals surface area contributed by atoms with E-state index in [9.17, 15) is 0 Å². The van der Waals surface area contributed by atoms with Crippen molar-refractivity contribution in [3.8, 4) is 0 Å². The lowest BCUT2D eigenvalue weighted by Gasteiger charge is -2.05. The lowest BCUT2D eigenvalue weighted by molar-refractivity contribution is 1.19. The van der Waals surface area contributed by atoms with Crippen LogP contribution in [0.25, 0.3) is 0 Å². The van der Waals surface area contributed by atoms with Crippen molar-refractivity contribution in [2.75, 3.05) is 11.6 Å². The van der Waals surface area contributed by atoms with Crippen LogP contribution in [-0.4, -0.2) is 6.26 Å². The van der Waals surface area contributed by atoms with Gasteiger partial charge in [0, 0.05) is 26.9 Å². The molecule has 1 heterocycles. The van der Waals surface area contributed by atoms with E-state index in [2.05, 4.69) is 54.9 Å². The average Bonchev–Trinajstić information content (AvgIpc) is 2.73. The van der Waals surface area contributed by atoms with Gasteiger partial charge in [0.25, 0.3) is 0 Å². The van der Waals surface area contributed by atoms with Crippen LogP contribution in [0.15, 0.2) is 41.3 Å². The smallest absolute Gasteiger partial charge is 0.0494 e. The number of hydrogen-bond donors (Lipinski definition) is 1. The Bertz CT molecular complexity index is 462. The molecule has 0 aliphatic rings. The van der Waals surface area contributed by atoms with Crippen molar-refractivity contribution < 1.29 is 0 Å². The zero-order valence-corrected chi connectivity index (χ0v) is 11.1. The molecule has 16 heavy (non-hydrogen) atoms. The first-order chi connectivity index (χ1) is 7.78. The second-order valence-electron chi connectivity index (χ2n) is 3.60. The summed E-state index contributed by atoms with van der Waals surface area (Å²) < 4.78 is 0. The van der Waals surface area contributed by atoms with Crippen LogP contribution < -0.4 is 5.32 Å². The summed E-state index contributed by atoms with van der Waals surface area (Å²) in [5.41, 5.74) is 1.19. The highest BCUT2D eigenvalue weighted by molar-refractivity contribution is 7.98. The van der Waals surface area contributed by atoms with E-state index in [0.29, 0.717) is 0 Å². The summed E-state index contributed by atoms with van der Waals surface area (Å²) in [5, 5.41) is 3.45. The van der Waals surface area contributed by atoms with Gasteiger partial charge in [-0.3, -0.25) is 0 Å². The number of thioether (sulfide) groups is 1. The zero-order chi connectivity index (χ0) is 11.4. The monoisotopic (exact) mass is 249 g/mol. The van der Waals surface area contributed by atoms with Crippen LogP contribution in [0.5, 0.6) is 0 Å². The van der Waals surface area contributed by atoms with Crippen molar-refractivity contribution in [3.05, 3.63) is 46.2 Å². The van der Waals surface area contributed by atoms with Crippen molar-refractivity contribution in [2.45, 2.75) is 18.4 Å². The lowest BCUT2D eigenvalue weighted by atomic mass is 10.3. The molecule has 0 atom stereocenters. The maximum absolute atomic E-state index is 3.45. The number of hydrogen-bond acceptors (Lipinski definition) is 3. The Morgan fingerprint density at radius 1 is 1.25 bits per heavy atom. The number of benzene rings is 1. The maximum Gasteiger partial charge on any atom is 0.0494 e. The van der Waals surface area contributed by atoms with Gasteiger partial charge in [-0.05, 0) is 43.5 Å². The Morgan fingerprint density at radius 2 is 2.12 bits per heavy atom. The molecule has 0 amide bonds. The molecule has 2 aromatic rings. The van der Waals surface area contributed by atoms with Gasteiger partial charge in [-0.2, -0.15) is 0 Å². The van der Waals surface area contributed by atoms with Crippen molar-refractivity contribution in [3.63, 3.8) is 0 Å². The van der Waals surface area contributed by atoms with Crippen LogP contribution >= 0.6 is 23.1 Å². The van der Waals surface area contributed by atoms with E-state index < -0.39 is 0 Å². The van der Waals surface area contributed by atoms with E-state index in [1.54, 1.807) is 11.8 Å². The summed E-state index contributed by atoms with van der Waals surface area (Å²) in [6.07, 6.45) is 2.10. The number of rotatable bonds is 4. The first-order valence-electron chi connectivity index (χ1n) is 5.21. The highest BCUT2D eigenvalue weighted by Crippen LogP contribution is 2.21. The Hall–Kier alpha value is -0.930. The third-order valence-corrected chi connectivity index (χ3v) is 4.06. The third-order valence-electron chi connectivity index (χ3n) is 2.33. The van der Waals surface area contributed by atoms with E-state index in [1.165, 1.54) is 20.3 Å². The number of nitrogens with one attached hydrogen (secondary N) is 1.